The fraction of sp³-hybridized carbons (Fsp3) is 0.750. The highest BCUT2D eigenvalue weighted by Gasteiger charge is 2.32. The molecule has 22 heavy (non-hydrogen) atoms. The van der Waals surface area contributed by atoms with Gasteiger partial charge >= 0.3 is 0 Å². The minimum absolute atomic E-state index is 0.280. The minimum atomic E-state index is -0.280. The average Bonchev–Trinajstić information content (AvgIpc) is 2.59. The molecule has 0 bridgehead atoms. The SMILES string of the molecule is CCN1CCN(c2c(N3CCN(CC)CC3)c(=O)c2=O)CC1. The van der Waals surface area contributed by atoms with Crippen molar-refractivity contribution in [1.29, 1.82) is 0 Å². The molecule has 0 aromatic heterocycles. The molecule has 1 aromatic rings. The molecular weight excluding hydrogens is 280 g/mol. The third kappa shape index (κ3) is 2.65. The molecule has 0 atom stereocenters. The van der Waals surface area contributed by atoms with E-state index < -0.39 is 0 Å². The molecule has 0 radical (unpaired) electrons. The van der Waals surface area contributed by atoms with Crippen LogP contribution < -0.4 is 20.7 Å². The molecule has 0 unspecified atom stereocenters. The minimum Gasteiger partial charge on any atom is -0.364 e. The number of hydrogen-bond donors (Lipinski definition) is 0. The Morgan fingerprint density at radius 2 is 0.955 bits per heavy atom. The van der Waals surface area contributed by atoms with Gasteiger partial charge in [-0.2, -0.15) is 0 Å². The molecule has 122 valence electrons. The van der Waals surface area contributed by atoms with Gasteiger partial charge in [0.05, 0.1) is 0 Å². The predicted octanol–water partition coefficient (Wildman–Crippen LogP) is -0.434. The molecule has 3 rings (SSSR count). The summed E-state index contributed by atoms with van der Waals surface area (Å²) in [5, 5.41) is 0. The van der Waals surface area contributed by atoms with Crippen LogP contribution in [0.25, 0.3) is 0 Å². The molecule has 2 fully saturated rings. The smallest absolute Gasteiger partial charge is 0.253 e. The molecule has 2 saturated heterocycles. The van der Waals surface area contributed by atoms with Crippen LogP contribution in [0.2, 0.25) is 0 Å². The van der Waals surface area contributed by atoms with Gasteiger partial charge in [-0.25, -0.2) is 0 Å². The summed E-state index contributed by atoms with van der Waals surface area (Å²) in [5.74, 6) is 0. The molecule has 0 amide bonds. The lowest BCUT2D eigenvalue weighted by Crippen LogP contribution is -2.55. The third-order valence-electron chi connectivity index (χ3n) is 5.13. The van der Waals surface area contributed by atoms with Gasteiger partial charge in [-0.05, 0) is 13.1 Å². The van der Waals surface area contributed by atoms with Gasteiger partial charge in [-0.3, -0.25) is 9.59 Å². The second-order valence-corrected chi connectivity index (χ2v) is 6.20. The van der Waals surface area contributed by atoms with E-state index in [2.05, 4.69) is 33.4 Å². The standard InChI is InChI=1S/C16H26N4O2/c1-3-17-5-9-19(10-6-17)13-14(16(22)15(13)21)20-11-7-18(4-2)8-12-20/h3-12H2,1-2H3. The van der Waals surface area contributed by atoms with Crippen LogP contribution in [0.3, 0.4) is 0 Å². The van der Waals surface area contributed by atoms with Gasteiger partial charge in [-0.15, -0.1) is 0 Å². The van der Waals surface area contributed by atoms with Gasteiger partial charge in [0.15, 0.2) is 0 Å². The van der Waals surface area contributed by atoms with Gasteiger partial charge in [0.1, 0.15) is 11.4 Å². The first-order chi connectivity index (χ1) is 10.7. The predicted molar refractivity (Wildman–Crippen MR) is 90.0 cm³/mol. The van der Waals surface area contributed by atoms with Crippen molar-refractivity contribution in [3.8, 4) is 0 Å². The number of likely N-dealkylation sites (N-methyl/N-ethyl adjacent to an activating group) is 2. The quantitative estimate of drug-likeness (QED) is 0.703. The van der Waals surface area contributed by atoms with Crippen molar-refractivity contribution < 1.29 is 0 Å². The van der Waals surface area contributed by atoms with E-state index in [1.54, 1.807) is 0 Å². The Hall–Kier alpha value is -1.40. The van der Waals surface area contributed by atoms with Gasteiger partial charge in [0.2, 0.25) is 0 Å². The van der Waals surface area contributed by atoms with Crippen LogP contribution in [0.15, 0.2) is 9.59 Å². The van der Waals surface area contributed by atoms with Crippen LogP contribution >= 0.6 is 0 Å². The lowest BCUT2D eigenvalue weighted by atomic mass is 10.1. The summed E-state index contributed by atoms with van der Waals surface area (Å²) in [6.07, 6.45) is 0. The van der Waals surface area contributed by atoms with Crippen molar-refractivity contribution in [3.63, 3.8) is 0 Å². The van der Waals surface area contributed by atoms with Crippen molar-refractivity contribution >= 4 is 11.4 Å². The van der Waals surface area contributed by atoms with Crippen LogP contribution in [-0.2, 0) is 0 Å². The van der Waals surface area contributed by atoms with Gasteiger partial charge in [0.25, 0.3) is 10.9 Å². The molecule has 6 heteroatoms. The van der Waals surface area contributed by atoms with Crippen LogP contribution in [0.5, 0.6) is 0 Å². The Kier molecular flexibility index (Phi) is 4.49. The van der Waals surface area contributed by atoms with E-state index in [9.17, 15) is 9.59 Å². The number of hydrogen-bond acceptors (Lipinski definition) is 6. The molecular formula is C16H26N4O2. The summed E-state index contributed by atoms with van der Waals surface area (Å²) in [6.45, 7) is 13.7. The maximum Gasteiger partial charge on any atom is 0.253 e. The summed E-state index contributed by atoms with van der Waals surface area (Å²) < 4.78 is 0. The first-order valence-corrected chi connectivity index (χ1v) is 8.43. The van der Waals surface area contributed by atoms with E-state index in [0.29, 0.717) is 11.4 Å². The number of nitrogens with zero attached hydrogens (tertiary/aromatic N) is 4. The number of piperazine rings is 2. The summed E-state index contributed by atoms with van der Waals surface area (Å²) in [6, 6.07) is 0. The zero-order chi connectivity index (χ0) is 15.7. The second-order valence-electron chi connectivity index (χ2n) is 6.20. The lowest BCUT2D eigenvalue weighted by Gasteiger charge is -2.40. The normalized spacial score (nSPS) is 21.7. The summed E-state index contributed by atoms with van der Waals surface area (Å²) in [4.78, 5) is 33.2. The molecule has 1 aromatic carbocycles. The lowest BCUT2D eigenvalue weighted by molar-refractivity contribution is 0.267. The topological polar surface area (TPSA) is 47.1 Å². The van der Waals surface area contributed by atoms with Crippen molar-refractivity contribution in [2.45, 2.75) is 13.8 Å². The highest BCUT2D eigenvalue weighted by Crippen LogP contribution is 2.26. The van der Waals surface area contributed by atoms with E-state index in [1.807, 2.05) is 0 Å². The molecule has 0 spiro atoms. The van der Waals surface area contributed by atoms with E-state index in [4.69, 9.17) is 0 Å². The van der Waals surface area contributed by atoms with E-state index in [1.165, 1.54) is 0 Å². The Bertz CT molecular complexity index is 525. The number of rotatable bonds is 4. The Labute approximate surface area is 131 Å². The highest BCUT2D eigenvalue weighted by molar-refractivity contribution is 5.76. The maximum absolute atomic E-state index is 12.1. The largest absolute Gasteiger partial charge is 0.364 e. The second kappa shape index (κ2) is 6.38. The zero-order valence-electron chi connectivity index (χ0n) is 13.7. The van der Waals surface area contributed by atoms with Crippen LogP contribution in [0, 0.1) is 0 Å². The molecule has 0 N–H and O–H groups in total. The molecule has 2 heterocycles. The Balaban J connectivity index is 1.73. The fourth-order valence-electron chi connectivity index (χ4n) is 3.53. The molecule has 0 saturated carbocycles. The van der Waals surface area contributed by atoms with Crippen molar-refractivity contribution in [2.75, 3.05) is 75.2 Å². The van der Waals surface area contributed by atoms with Crippen molar-refractivity contribution in [2.24, 2.45) is 0 Å². The zero-order valence-corrected chi connectivity index (χ0v) is 13.7. The van der Waals surface area contributed by atoms with Crippen molar-refractivity contribution in [1.82, 2.24) is 9.80 Å². The van der Waals surface area contributed by atoms with Crippen LogP contribution in [-0.4, -0.2) is 75.2 Å². The summed E-state index contributed by atoms with van der Waals surface area (Å²) in [5.41, 5.74) is 0.812. The third-order valence-corrected chi connectivity index (χ3v) is 5.13. The van der Waals surface area contributed by atoms with Crippen LogP contribution in [0.1, 0.15) is 13.8 Å². The number of anilines is 2. The van der Waals surface area contributed by atoms with Gasteiger partial charge in [-0.1, -0.05) is 13.8 Å². The van der Waals surface area contributed by atoms with Crippen molar-refractivity contribution in [3.05, 3.63) is 20.4 Å². The van der Waals surface area contributed by atoms with E-state index >= 15 is 0 Å². The van der Waals surface area contributed by atoms with Gasteiger partial charge < -0.3 is 19.6 Å². The Morgan fingerprint density at radius 1 is 0.636 bits per heavy atom. The first-order valence-electron chi connectivity index (χ1n) is 8.43. The van der Waals surface area contributed by atoms with Crippen LogP contribution in [0.4, 0.5) is 11.4 Å². The maximum atomic E-state index is 12.1. The summed E-state index contributed by atoms with van der Waals surface area (Å²) in [7, 11) is 0. The first kappa shape index (κ1) is 15.5. The van der Waals surface area contributed by atoms with Gasteiger partial charge in [0, 0.05) is 52.4 Å². The van der Waals surface area contributed by atoms with E-state index in [0.717, 1.165) is 65.4 Å². The monoisotopic (exact) mass is 306 g/mol. The Morgan fingerprint density at radius 3 is 1.23 bits per heavy atom. The molecule has 6 nitrogen and oxygen atoms in total. The highest BCUT2D eigenvalue weighted by atomic mass is 16.2. The molecule has 2 aliphatic rings. The average molecular weight is 306 g/mol. The van der Waals surface area contributed by atoms with E-state index in [-0.39, 0.29) is 10.9 Å². The molecule has 0 aliphatic carbocycles. The molecule has 2 aliphatic heterocycles. The summed E-state index contributed by atoms with van der Waals surface area (Å²) >= 11 is 0. The fourth-order valence-corrected chi connectivity index (χ4v) is 3.53.